The van der Waals surface area contributed by atoms with E-state index in [9.17, 15) is 8.42 Å². The van der Waals surface area contributed by atoms with Crippen LogP contribution < -0.4 is 0 Å². The Balaban J connectivity index is 1.75. The minimum Gasteiger partial charge on any atom is -0.350 e. The molecule has 0 radical (unpaired) electrons. The average molecular weight is 346 g/mol. The predicted molar refractivity (Wildman–Crippen MR) is 83.4 cm³/mol. The second-order valence-electron chi connectivity index (χ2n) is 5.78. The van der Waals surface area contributed by atoms with Gasteiger partial charge in [-0.15, -0.1) is 0 Å². The van der Waals surface area contributed by atoms with Crippen molar-refractivity contribution in [2.24, 2.45) is 0 Å². The number of rotatable bonds is 2. The molecule has 7 heteroatoms. The summed E-state index contributed by atoms with van der Waals surface area (Å²) in [4.78, 5) is 0.240. The van der Waals surface area contributed by atoms with Crippen molar-refractivity contribution in [2.75, 3.05) is 26.3 Å². The number of aryl methyl sites for hydroxylation is 1. The van der Waals surface area contributed by atoms with Crippen LogP contribution in [0.25, 0.3) is 0 Å². The molecule has 0 amide bonds. The van der Waals surface area contributed by atoms with Crippen molar-refractivity contribution in [1.82, 2.24) is 4.31 Å². The molecule has 2 heterocycles. The molecule has 122 valence electrons. The summed E-state index contributed by atoms with van der Waals surface area (Å²) in [6.07, 6.45) is 2.02. The van der Waals surface area contributed by atoms with Crippen molar-refractivity contribution >= 4 is 21.6 Å². The summed E-state index contributed by atoms with van der Waals surface area (Å²) in [5, 5.41) is 0.466. The topological polar surface area (TPSA) is 55.8 Å². The van der Waals surface area contributed by atoms with Gasteiger partial charge in [-0.25, -0.2) is 8.42 Å². The molecule has 1 spiro atoms. The van der Waals surface area contributed by atoms with E-state index in [-0.39, 0.29) is 4.90 Å². The second kappa shape index (κ2) is 6.09. The highest BCUT2D eigenvalue weighted by atomic mass is 35.5. The van der Waals surface area contributed by atoms with Gasteiger partial charge in [0.15, 0.2) is 5.79 Å². The molecule has 2 fully saturated rings. The molecule has 0 bridgehead atoms. The minimum atomic E-state index is -3.52. The van der Waals surface area contributed by atoms with Crippen molar-refractivity contribution in [3.63, 3.8) is 0 Å². The molecule has 3 rings (SSSR count). The zero-order valence-corrected chi connectivity index (χ0v) is 14.1. The molecule has 0 unspecified atom stereocenters. The molecule has 22 heavy (non-hydrogen) atoms. The first-order chi connectivity index (χ1) is 10.4. The van der Waals surface area contributed by atoms with Crippen LogP contribution in [0, 0.1) is 6.92 Å². The Labute approximate surface area is 136 Å². The van der Waals surface area contributed by atoms with Gasteiger partial charge in [-0.3, -0.25) is 0 Å². The molecule has 0 saturated carbocycles. The molecule has 2 aliphatic rings. The minimum absolute atomic E-state index is 0.240. The van der Waals surface area contributed by atoms with Gasteiger partial charge in [-0.2, -0.15) is 4.31 Å². The van der Waals surface area contributed by atoms with Crippen molar-refractivity contribution in [3.8, 4) is 0 Å². The van der Waals surface area contributed by atoms with Crippen LogP contribution in [-0.2, 0) is 19.5 Å². The van der Waals surface area contributed by atoms with Crippen LogP contribution in [0.1, 0.15) is 24.8 Å². The summed E-state index contributed by atoms with van der Waals surface area (Å²) < 4.78 is 38.4. The maximum Gasteiger partial charge on any atom is 0.243 e. The Hall–Kier alpha value is -0.660. The summed E-state index contributed by atoms with van der Waals surface area (Å²) in [6, 6.07) is 4.85. The Morgan fingerprint density at radius 1 is 1.18 bits per heavy atom. The van der Waals surface area contributed by atoms with Gasteiger partial charge in [-0.05, 0) is 31.0 Å². The molecule has 0 aliphatic carbocycles. The molecule has 0 aromatic heterocycles. The van der Waals surface area contributed by atoms with E-state index in [1.165, 1.54) is 10.4 Å². The van der Waals surface area contributed by atoms with Crippen LogP contribution in [0.2, 0.25) is 5.02 Å². The molecule has 2 aliphatic heterocycles. The summed E-state index contributed by atoms with van der Waals surface area (Å²) in [6.45, 7) is 4.00. The standard InChI is InChI=1S/C15H20ClNO4S/c1-12-3-4-13(11-14(12)16)22(18,19)17-7-5-15(6-8-17)20-9-2-10-21-15/h3-4,11H,2,5-10H2,1H3. The van der Waals surface area contributed by atoms with Gasteiger partial charge in [0.2, 0.25) is 10.0 Å². The van der Waals surface area contributed by atoms with Gasteiger partial charge >= 0.3 is 0 Å². The molecule has 0 N–H and O–H groups in total. The molecule has 1 aromatic rings. The Morgan fingerprint density at radius 2 is 1.82 bits per heavy atom. The zero-order chi connectivity index (χ0) is 15.8. The van der Waals surface area contributed by atoms with E-state index in [4.69, 9.17) is 21.1 Å². The van der Waals surface area contributed by atoms with Crippen LogP contribution in [0.3, 0.4) is 0 Å². The Kier molecular flexibility index (Phi) is 4.49. The lowest BCUT2D eigenvalue weighted by Gasteiger charge is -2.42. The number of sulfonamides is 1. The van der Waals surface area contributed by atoms with Crippen LogP contribution in [0.5, 0.6) is 0 Å². The molecule has 2 saturated heterocycles. The number of hydrogen-bond acceptors (Lipinski definition) is 4. The van der Waals surface area contributed by atoms with Crippen molar-refractivity contribution in [3.05, 3.63) is 28.8 Å². The summed E-state index contributed by atoms with van der Waals surface area (Å²) in [5.41, 5.74) is 0.863. The van der Waals surface area contributed by atoms with Crippen LogP contribution in [-0.4, -0.2) is 44.8 Å². The fraction of sp³-hybridized carbons (Fsp3) is 0.600. The third kappa shape index (κ3) is 3.03. The Bertz CT molecular complexity index is 646. The molecule has 1 aromatic carbocycles. The SMILES string of the molecule is Cc1ccc(S(=O)(=O)N2CCC3(CC2)OCCCO3)cc1Cl. The normalized spacial score (nSPS) is 22.8. The summed E-state index contributed by atoms with van der Waals surface area (Å²) >= 11 is 6.05. The maximum absolute atomic E-state index is 12.7. The van der Waals surface area contributed by atoms with E-state index < -0.39 is 15.8 Å². The van der Waals surface area contributed by atoms with Gasteiger partial charge in [0.05, 0.1) is 18.1 Å². The fourth-order valence-electron chi connectivity index (χ4n) is 2.86. The first kappa shape index (κ1) is 16.2. The van der Waals surface area contributed by atoms with E-state index in [1.807, 2.05) is 6.92 Å². The first-order valence-corrected chi connectivity index (χ1v) is 9.29. The van der Waals surface area contributed by atoms with Gasteiger partial charge < -0.3 is 9.47 Å². The summed E-state index contributed by atoms with van der Waals surface area (Å²) in [5.74, 6) is -0.588. The highest BCUT2D eigenvalue weighted by molar-refractivity contribution is 7.89. The molecular formula is C15H20ClNO4S. The lowest BCUT2D eigenvalue weighted by Crippen LogP contribution is -2.51. The average Bonchev–Trinajstić information content (AvgIpc) is 2.51. The smallest absolute Gasteiger partial charge is 0.243 e. The van der Waals surface area contributed by atoms with E-state index in [0.717, 1.165) is 12.0 Å². The quantitative estimate of drug-likeness (QED) is 0.826. The largest absolute Gasteiger partial charge is 0.350 e. The van der Waals surface area contributed by atoms with Crippen LogP contribution >= 0.6 is 11.6 Å². The number of halogens is 1. The monoisotopic (exact) mass is 345 g/mol. The fourth-order valence-corrected chi connectivity index (χ4v) is 4.57. The zero-order valence-electron chi connectivity index (χ0n) is 12.5. The van der Waals surface area contributed by atoms with Crippen molar-refractivity contribution in [1.29, 1.82) is 0 Å². The second-order valence-corrected chi connectivity index (χ2v) is 8.12. The van der Waals surface area contributed by atoms with E-state index >= 15 is 0 Å². The van der Waals surface area contributed by atoms with E-state index in [1.54, 1.807) is 12.1 Å². The molecular weight excluding hydrogens is 326 g/mol. The van der Waals surface area contributed by atoms with Gasteiger partial charge in [-0.1, -0.05) is 17.7 Å². The lowest BCUT2D eigenvalue weighted by atomic mass is 10.0. The van der Waals surface area contributed by atoms with Crippen LogP contribution in [0.15, 0.2) is 23.1 Å². The van der Waals surface area contributed by atoms with Crippen molar-refractivity contribution in [2.45, 2.75) is 36.9 Å². The van der Waals surface area contributed by atoms with Crippen LogP contribution in [0.4, 0.5) is 0 Å². The number of hydrogen-bond donors (Lipinski definition) is 0. The number of benzene rings is 1. The Morgan fingerprint density at radius 3 is 2.41 bits per heavy atom. The maximum atomic E-state index is 12.7. The van der Waals surface area contributed by atoms with E-state index in [2.05, 4.69) is 0 Å². The third-order valence-electron chi connectivity index (χ3n) is 4.28. The highest BCUT2D eigenvalue weighted by Crippen LogP contribution is 2.33. The number of nitrogens with zero attached hydrogens (tertiary/aromatic N) is 1. The molecule has 5 nitrogen and oxygen atoms in total. The van der Waals surface area contributed by atoms with Gasteiger partial charge in [0.25, 0.3) is 0 Å². The highest BCUT2D eigenvalue weighted by Gasteiger charge is 2.41. The summed E-state index contributed by atoms with van der Waals surface area (Å²) in [7, 11) is -3.52. The van der Waals surface area contributed by atoms with E-state index in [0.29, 0.717) is 44.2 Å². The van der Waals surface area contributed by atoms with Crippen molar-refractivity contribution < 1.29 is 17.9 Å². The molecule has 0 atom stereocenters. The number of ether oxygens (including phenoxy) is 2. The number of piperidine rings is 1. The first-order valence-electron chi connectivity index (χ1n) is 7.47. The van der Waals surface area contributed by atoms with Gasteiger partial charge in [0.1, 0.15) is 0 Å². The predicted octanol–water partition coefficient (Wildman–Crippen LogP) is 2.57. The van der Waals surface area contributed by atoms with Gasteiger partial charge in [0, 0.05) is 31.0 Å². The third-order valence-corrected chi connectivity index (χ3v) is 6.59. The lowest BCUT2D eigenvalue weighted by molar-refractivity contribution is -0.280.